The molecule has 12 heteroatoms. The van der Waals surface area contributed by atoms with Crippen molar-refractivity contribution in [3.8, 4) is 11.1 Å². The number of thiophene rings is 1. The lowest BCUT2D eigenvalue weighted by atomic mass is 10.0. The molecule has 5 N–H and O–H groups in total. The van der Waals surface area contributed by atoms with E-state index in [0.717, 1.165) is 6.54 Å². The molecule has 0 aliphatic heterocycles. The average molecular weight is 527 g/mol. The van der Waals surface area contributed by atoms with Crippen molar-refractivity contribution in [2.45, 2.75) is 0 Å². The van der Waals surface area contributed by atoms with Gasteiger partial charge < -0.3 is 21.7 Å². The number of halogens is 4. The Hall–Kier alpha value is -1.81. The number of nitrogens with zero attached hydrogens (tertiary/aromatic N) is 2. The quantitative estimate of drug-likeness (QED) is 0.289. The minimum absolute atomic E-state index is 0. The van der Waals surface area contributed by atoms with Crippen LogP contribution in [0.5, 0.6) is 0 Å². The van der Waals surface area contributed by atoms with Gasteiger partial charge in [-0.05, 0) is 55.6 Å². The van der Waals surface area contributed by atoms with Gasteiger partial charge >= 0.3 is 0 Å². The molecule has 0 aliphatic carbocycles. The van der Waals surface area contributed by atoms with Crippen LogP contribution in [-0.2, 0) is 4.79 Å². The second-order valence-corrected chi connectivity index (χ2v) is 8.64. The predicted octanol–water partition coefficient (Wildman–Crippen LogP) is 3.67. The van der Waals surface area contributed by atoms with Crippen molar-refractivity contribution < 1.29 is 9.59 Å². The van der Waals surface area contributed by atoms with Crippen LogP contribution in [0.3, 0.4) is 0 Å². The summed E-state index contributed by atoms with van der Waals surface area (Å²) < 4.78 is 1.00. The van der Waals surface area contributed by atoms with Crippen LogP contribution in [0.25, 0.3) is 17.2 Å². The van der Waals surface area contributed by atoms with Gasteiger partial charge in [0.15, 0.2) is 5.96 Å². The SMILES string of the molecule is CN(C)CCNC(=O)C=Cc1cc(C(=O)N=C(N)N)cc(-c2cc(Cl)sc2Cl)c1.Cl.Cl. The van der Waals surface area contributed by atoms with Crippen LogP contribution in [0.1, 0.15) is 15.9 Å². The Morgan fingerprint density at radius 2 is 1.84 bits per heavy atom. The molecule has 0 unspecified atom stereocenters. The molecule has 0 bridgehead atoms. The van der Waals surface area contributed by atoms with Crippen molar-refractivity contribution in [1.29, 1.82) is 0 Å². The van der Waals surface area contributed by atoms with E-state index in [1.54, 1.807) is 30.3 Å². The standard InChI is InChI=1S/C19H21Cl2N5O2S.2ClH/c1-26(2)6-5-24-16(27)4-3-11-7-12(14-10-15(20)29-17(14)21)9-13(8-11)18(28)25-19(22)23;;/h3-4,7-10H,5-6H2,1-2H3,(H,24,27)(H4,22,23,25,28);2*1H. The van der Waals surface area contributed by atoms with Crippen LogP contribution in [0.2, 0.25) is 8.67 Å². The number of nitrogens with one attached hydrogen (secondary N) is 1. The molecule has 0 spiro atoms. The molecule has 0 aliphatic rings. The zero-order chi connectivity index (χ0) is 21.6. The third kappa shape index (κ3) is 9.47. The fourth-order valence-corrected chi connectivity index (χ4v) is 3.89. The molecule has 31 heavy (non-hydrogen) atoms. The van der Waals surface area contributed by atoms with Gasteiger partial charge in [-0.25, -0.2) is 0 Å². The van der Waals surface area contributed by atoms with E-state index in [9.17, 15) is 9.59 Å². The fraction of sp³-hybridized carbons (Fsp3) is 0.211. The van der Waals surface area contributed by atoms with Gasteiger partial charge in [0.25, 0.3) is 5.91 Å². The van der Waals surface area contributed by atoms with E-state index in [1.165, 1.54) is 17.4 Å². The summed E-state index contributed by atoms with van der Waals surface area (Å²) in [5.74, 6) is -1.19. The molecule has 0 radical (unpaired) electrons. The molecule has 0 saturated carbocycles. The first-order chi connectivity index (χ1) is 13.7. The number of carbonyl (C=O) groups excluding carboxylic acids is 2. The lowest BCUT2D eigenvalue weighted by Gasteiger charge is -2.09. The van der Waals surface area contributed by atoms with Crippen LogP contribution in [0, 0.1) is 0 Å². The maximum atomic E-state index is 12.3. The largest absolute Gasteiger partial charge is 0.370 e. The second-order valence-electron chi connectivity index (χ2n) is 6.35. The summed E-state index contributed by atoms with van der Waals surface area (Å²) in [5, 5.41) is 2.78. The van der Waals surface area contributed by atoms with Crippen LogP contribution in [0.4, 0.5) is 0 Å². The maximum Gasteiger partial charge on any atom is 0.280 e. The number of hydrogen-bond donors (Lipinski definition) is 3. The summed E-state index contributed by atoms with van der Waals surface area (Å²) in [5.41, 5.74) is 12.8. The number of rotatable bonds is 7. The molecule has 2 rings (SSSR count). The van der Waals surface area contributed by atoms with E-state index in [1.807, 2.05) is 19.0 Å². The first-order valence-corrected chi connectivity index (χ1v) is 10.1. The molecular weight excluding hydrogens is 504 g/mol. The van der Waals surface area contributed by atoms with E-state index in [0.29, 0.717) is 31.9 Å². The van der Waals surface area contributed by atoms with Gasteiger partial charge in [0, 0.05) is 30.3 Å². The van der Waals surface area contributed by atoms with Crippen LogP contribution in [0.15, 0.2) is 35.3 Å². The fourth-order valence-electron chi connectivity index (χ4n) is 2.38. The average Bonchev–Trinajstić information content (AvgIpc) is 2.97. The monoisotopic (exact) mass is 525 g/mol. The third-order valence-corrected chi connectivity index (χ3v) is 5.17. The maximum absolute atomic E-state index is 12.3. The highest BCUT2D eigenvalue weighted by Crippen LogP contribution is 2.38. The third-order valence-electron chi connectivity index (χ3n) is 3.69. The van der Waals surface area contributed by atoms with Crippen molar-refractivity contribution in [3.05, 3.63) is 50.1 Å². The normalized spacial score (nSPS) is 10.4. The zero-order valence-corrected chi connectivity index (χ0v) is 20.7. The summed E-state index contributed by atoms with van der Waals surface area (Å²) in [6.45, 7) is 1.25. The Morgan fingerprint density at radius 3 is 2.39 bits per heavy atom. The summed E-state index contributed by atoms with van der Waals surface area (Å²) in [6, 6.07) is 6.71. The molecule has 1 aromatic heterocycles. The molecule has 1 heterocycles. The van der Waals surface area contributed by atoms with E-state index in [4.69, 9.17) is 34.7 Å². The molecule has 1 aromatic carbocycles. The molecule has 2 aromatic rings. The van der Waals surface area contributed by atoms with Gasteiger partial charge in [-0.15, -0.1) is 36.2 Å². The number of likely N-dealkylation sites (N-methyl/N-ethyl adjacent to an activating group) is 1. The van der Waals surface area contributed by atoms with Gasteiger partial charge in [0.05, 0.1) is 4.34 Å². The van der Waals surface area contributed by atoms with Gasteiger partial charge in [0.2, 0.25) is 5.91 Å². The summed E-state index contributed by atoms with van der Waals surface area (Å²) in [6.07, 6.45) is 2.99. The number of amides is 2. The lowest BCUT2D eigenvalue weighted by Crippen LogP contribution is -2.30. The number of nitrogens with two attached hydrogens (primary N) is 2. The first kappa shape index (κ1) is 29.2. The van der Waals surface area contributed by atoms with Gasteiger partial charge in [-0.1, -0.05) is 23.2 Å². The second kappa shape index (κ2) is 13.6. The minimum Gasteiger partial charge on any atom is -0.370 e. The highest BCUT2D eigenvalue weighted by atomic mass is 35.5. The Morgan fingerprint density at radius 1 is 1.16 bits per heavy atom. The summed E-state index contributed by atoms with van der Waals surface area (Å²) >= 11 is 13.5. The van der Waals surface area contributed by atoms with Crippen molar-refractivity contribution >= 4 is 83.2 Å². The number of benzene rings is 1. The smallest absolute Gasteiger partial charge is 0.280 e. The van der Waals surface area contributed by atoms with Crippen molar-refractivity contribution in [3.63, 3.8) is 0 Å². The molecule has 0 fully saturated rings. The van der Waals surface area contributed by atoms with E-state index in [-0.39, 0.29) is 42.2 Å². The number of aliphatic imine (C=N–C) groups is 1. The molecule has 2 amide bonds. The van der Waals surface area contributed by atoms with Crippen molar-refractivity contribution in [2.24, 2.45) is 16.5 Å². The first-order valence-electron chi connectivity index (χ1n) is 8.50. The Kier molecular flexibility index (Phi) is 12.8. The lowest BCUT2D eigenvalue weighted by molar-refractivity contribution is -0.116. The Bertz CT molecular complexity index is 972. The predicted molar refractivity (Wildman–Crippen MR) is 135 cm³/mol. The number of carbonyl (C=O) groups is 2. The molecule has 0 atom stereocenters. The van der Waals surface area contributed by atoms with E-state index < -0.39 is 5.91 Å². The van der Waals surface area contributed by atoms with Gasteiger partial charge in [-0.3, -0.25) is 9.59 Å². The number of guanidine groups is 1. The van der Waals surface area contributed by atoms with Crippen LogP contribution in [-0.4, -0.2) is 49.9 Å². The Balaban J connectivity index is 0.00000450. The minimum atomic E-state index is -0.602. The zero-order valence-electron chi connectivity index (χ0n) is 16.7. The van der Waals surface area contributed by atoms with Gasteiger partial charge in [0.1, 0.15) is 4.34 Å². The van der Waals surface area contributed by atoms with E-state index >= 15 is 0 Å². The number of hydrogen-bond acceptors (Lipinski definition) is 4. The highest BCUT2D eigenvalue weighted by molar-refractivity contribution is 7.20. The highest BCUT2D eigenvalue weighted by Gasteiger charge is 2.13. The summed E-state index contributed by atoms with van der Waals surface area (Å²) in [4.78, 5) is 29.8. The molecule has 170 valence electrons. The van der Waals surface area contributed by atoms with Crippen LogP contribution >= 0.6 is 59.4 Å². The molecular formula is C19H23Cl4N5O2S. The van der Waals surface area contributed by atoms with Gasteiger partial charge in [-0.2, -0.15) is 4.99 Å². The summed E-state index contributed by atoms with van der Waals surface area (Å²) in [7, 11) is 3.84. The van der Waals surface area contributed by atoms with Crippen LogP contribution < -0.4 is 16.8 Å². The topological polar surface area (TPSA) is 114 Å². The Labute approximate surface area is 207 Å². The van der Waals surface area contributed by atoms with E-state index in [2.05, 4.69) is 10.3 Å². The van der Waals surface area contributed by atoms with Crippen molar-refractivity contribution in [2.75, 3.05) is 27.2 Å². The molecule has 7 nitrogen and oxygen atoms in total. The van der Waals surface area contributed by atoms with Crippen molar-refractivity contribution in [1.82, 2.24) is 10.2 Å². The molecule has 0 saturated heterocycles.